The van der Waals surface area contributed by atoms with E-state index in [0.29, 0.717) is 24.3 Å². The number of carboxylic acids is 2. The maximum atomic E-state index is 12.8. The van der Waals surface area contributed by atoms with Gasteiger partial charge in [0, 0.05) is 17.8 Å². The molecular formula is C24H33ClN2O5. The molecule has 1 heterocycles. The molecule has 7 nitrogen and oxygen atoms in total. The van der Waals surface area contributed by atoms with Crippen molar-refractivity contribution >= 4 is 29.6 Å². The molecule has 2 rings (SSSR count). The van der Waals surface area contributed by atoms with Crippen LogP contribution in [0.5, 0.6) is 0 Å². The van der Waals surface area contributed by atoms with Gasteiger partial charge in [-0.1, -0.05) is 44.5 Å². The van der Waals surface area contributed by atoms with Gasteiger partial charge in [0.25, 0.3) is 0 Å². The first-order valence-electron chi connectivity index (χ1n) is 10.9. The molecule has 1 aromatic rings. The van der Waals surface area contributed by atoms with E-state index >= 15 is 0 Å². The summed E-state index contributed by atoms with van der Waals surface area (Å²) in [5.41, 5.74) is 1.07. The molecule has 176 valence electrons. The van der Waals surface area contributed by atoms with Crippen molar-refractivity contribution < 1.29 is 24.6 Å². The highest BCUT2D eigenvalue weighted by molar-refractivity contribution is 6.31. The van der Waals surface area contributed by atoms with Gasteiger partial charge in [0.15, 0.2) is 0 Å². The summed E-state index contributed by atoms with van der Waals surface area (Å²) >= 11 is 6.60. The second-order valence-corrected chi connectivity index (χ2v) is 9.67. The van der Waals surface area contributed by atoms with E-state index in [4.69, 9.17) is 16.7 Å². The molecule has 1 aliphatic rings. The number of hydrogen-bond donors (Lipinski definition) is 3. The second kappa shape index (κ2) is 9.94. The van der Waals surface area contributed by atoms with Crippen LogP contribution in [0.1, 0.15) is 65.0 Å². The SMILES string of the molecule is CC[C@@]1(c2ccc(CCC(C)(C)C(=O)O)c(Cl)c2)NC(=O)N(CCC(=O)O)C=C1C(C)C. The van der Waals surface area contributed by atoms with Gasteiger partial charge in [0.2, 0.25) is 0 Å². The van der Waals surface area contributed by atoms with Crippen molar-refractivity contribution in [2.45, 2.75) is 65.8 Å². The highest BCUT2D eigenvalue weighted by Crippen LogP contribution is 2.41. The summed E-state index contributed by atoms with van der Waals surface area (Å²) in [5, 5.41) is 22.0. The second-order valence-electron chi connectivity index (χ2n) is 9.26. The number of carbonyl (C=O) groups is 3. The first-order valence-corrected chi connectivity index (χ1v) is 11.3. The van der Waals surface area contributed by atoms with Gasteiger partial charge in [-0.15, -0.1) is 0 Å². The van der Waals surface area contributed by atoms with Crippen LogP contribution in [-0.2, 0) is 21.5 Å². The van der Waals surface area contributed by atoms with Crippen LogP contribution in [0.3, 0.4) is 0 Å². The molecule has 0 aromatic heterocycles. The number of aryl methyl sites for hydroxylation is 1. The minimum atomic E-state index is -0.960. The van der Waals surface area contributed by atoms with Gasteiger partial charge in [0.05, 0.1) is 17.4 Å². The monoisotopic (exact) mass is 464 g/mol. The molecule has 0 saturated carbocycles. The Morgan fingerprint density at radius 3 is 2.41 bits per heavy atom. The highest BCUT2D eigenvalue weighted by atomic mass is 35.5. The van der Waals surface area contributed by atoms with E-state index in [2.05, 4.69) is 5.32 Å². The zero-order valence-corrected chi connectivity index (χ0v) is 20.1. The molecule has 32 heavy (non-hydrogen) atoms. The van der Waals surface area contributed by atoms with Crippen LogP contribution in [0.2, 0.25) is 5.02 Å². The Labute approximate surface area is 194 Å². The zero-order valence-electron chi connectivity index (χ0n) is 19.4. The summed E-state index contributed by atoms with van der Waals surface area (Å²) in [7, 11) is 0. The number of nitrogens with one attached hydrogen (secondary N) is 1. The number of nitrogens with zero attached hydrogens (tertiary/aromatic N) is 1. The normalized spacial score (nSPS) is 19.0. The minimum absolute atomic E-state index is 0.0935. The van der Waals surface area contributed by atoms with Crippen molar-refractivity contribution in [2.75, 3.05) is 6.54 Å². The molecule has 3 N–H and O–H groups in total. The van der Waals surface area contributed by atoms with Crippen LogP contribution in [0.15, 0.2) is 30.0 Å². The third-order valence-electron chi connectivity index (χ3n) is 6.23. The quantitative estimate of drug-likeness (QED) is 0.450. The molecule has 1 aromatic carbocycles. The van der Waals surface area contributed by atoms with Crippen molar-refractivity contribution in [3.63, 3.8) is 0 Å². The van der Waals surface area contributed by atoms with Crippen LogP contribution in [0.25, 0.3) is 0 Å². The molecule has 0 aliphatic carbocycles. The number of urea groups is 1. The molecular weight excluding hydrogens is 432 g/mol. The van der Waals surface area contributed by atoms with Gasteiger partial charge in [-0.2, -0.15) is 0 Å². The fraction of sp³-hybridized carbons (Fsp3) is 0.542. The highest BCUT2D eigenvalue weighted by Gasteiger charge is 2.42. The lowest BCUT2D eigenvalue weighted by atomic mass is 9.74. The van der Waals surface area contributed by atoms with Crippen LogP contribution in [0.4, 0.5) is 4.79 Å². The lowest BCUT2D eigenvalue weighted by Gasteiger charge is -2.44. The summed E-state index contributed by atoms with van der Waals surface area (Å²) in [6.45, 7) is 9.53. The topological polar surface area (TPSA) is 107 Å². The maximum absolute atomic E-state index is 12.8. The van der Waals surface area contributed by atoms with Crippen molar-refractivity contribution in [1.82, 2.24) is 10.2 Å². The van der Waals surface area contributed by atoms with Gasteiger partial charge in [0.1, 0.15) is 0 Å². The summed E-state index contributed by atoms with van der Waals surface area (Å²) in [6, 6.07) is 5.33. The van der Waals surface area contributed by atoms with E-state index in [0.717, 1.165) is 16.7 Å². The molecule has 0 radical (unpaired) electrons. The summed E-state index contributed by atoms with van der Waals surface area (Å²) in [4.78, 5) is 36.6. The molecule has 0 unspecified atom stereocenters. The van der Waals surface area contributed by atoms with E-state index in [-0.39, 0.29) is 24.9 Å². The molecule has 1 aliphatic heterocycles. The van der Waals surface area contributed by atoms with E-state index in [1.165, 1.54) is 4.90 Å². The fourth-order valence-electron chi connectivity index (χ4n) is 3.99. The number of aliphatic carboxylic acids is 2. The predicted octanol–water partition coefficient (Wildman–Crippen LogP) is 5.03. The van der Waals surface area contributed by atoms with Crippen molar-refractivity contribution in [3.8, 4) is 0 Å². The number of halogens is 1. The van der Waals surface area contributed by atoms with Gasteiger partial charge >= 0.3 is 18.0 Å². The molecule has 1 atom stereocenters. The Morgan fingerprint density at radius 1 is 1.25 bits per heavy atom. The number of carboxylic acid groups (broad SMARTS) is 2. The molecule has 8 heteroatoms. The Morgan fingerprint density at radius 2 is 1.91 bits per heavy atom. The standard InChI is InChI=1S/C24H33ClN2O5/c1-6-24(18(15(2)3)14-27(22(32)26-24)12-10-20(28)29)17-8-7-16(19(25)13-17)9-11-23(4,5)21(30)31/h7-8,13-15H,6,9-12H2,1-5H3,(H,26,32)(H,28,29)(H,30,31)/t24-/m0/s1. The van der Waals surface area contributed by atoms with Gasteiger partial charge < -0.3 is 20.4 Å². The number of carbonyl (C=O) groups excluding carboxylic acids is 1. The van der Waals surface area contributed by atoms with E-state index in [1.54, 1.807) is 20.0 Å². The van der Waals surface area contributed by atoms with E-state index < -0.39 is 22.9 Å². The number of benzene rings is 1. The van der Waals surface area contributed by atoms with Crippen LogP contribution in [-0.4, -0.2) is 39.6 Å². The first-order chi connectivity index (χ1) is 14.8. The largest absolute Gasteiger partial charge is 0.481 e. The lowest BCUT2D eigenvalue weighted by molar-refractivity contribution is -0.147. The smallest absolute Gasteiger partial charge is 0.322 e. The zero-order chi connectivity index (χ0) is 24.3. The summed E-state index contributed by atoms with van der Waals surface area (Å²) in [5.74, 6) is -1.71. The Kier molecular flexibility index (Phi) is 7.99. The third kappa shape index (κ3) is 5.44. The van der Waals surface area contributed by atoms with Crippen LogP contribution >= 0.6 is 11.6 Å². The van der Waals surface area contributed by atoms with Crippen molar-refractivity contribution in [2.24, 2.45) is 11.3 Å². The van der Waals surface area contributed by atoms with Gasteiger partial charge in [-0.3, -0.25) is 9.59 Å². The summed E-state index contributed by atoms with van der Waals surface area (Å²) in [6.07, 6.45) is 3.21. The average Bonchev–Trinajstić information content (AvgIpc) is 2.71. The maximum Gasteiger partial charge on any atom is 0.322 e. The number of amides is 2. The molecule has 0 spiro atoms. The molecule has 0 bridgehead atoms. The minimum Gasteiger partial charge on any atom is -0.481 e. The molecule has 0 saturated heterocycles. The van der Waals surface area contributed by atoms with Crippen molar-refractivity contribution in [3.05, 3.63) is 46.1 Å². The Hall–Kier alpha value is -2.54. The fourth-order valence-corrected chi connectivity index (χ4v) is 4.27. The Bertz CT molecular complexity index is 925. The number of rotatable bonds is 10. The summed E-state index contributed by atoms with van der Waals surface area (Å²) < 4.78 is 0. The Balaban J connectivity index is 2.41. The molecule has 2 amide bonds. The van der Waals surface area contributed by atoms with Gasteiger partial charge in [-0.25, -0.2) is 4.79 Å². The average molecular weight is 465 g/mol. The molecule has 0 fully saturated rings. The lowest BCUT2D eigenvalue weighted by Crippen LogP contribution is -2.56. The predicted molar refractivity (Wildman–Crippen MR) is 124 cm³/mol. The van der Waals surface area contributed by atoms with Crippen LogP contribution < -0.4 is 5.32 Å². The number of hydrogen-bond acceptors (Lipinski definition) is 3. The third-order valence-corrected chi connectivity index (χ3v) is 6.58. The van der Waals surface area contributed by atoms with E-state index in [9.17, 15) is 19.5 Å². The first kappa shape index (κ1) is 25.7. The van der Waals surface area contributed by atoms with Crippen molar-refractivity contribution in [1.29, 1.82) is 0 Å². The van der Waals surface area contributed by atoms with E-state index in [1.807, 2.05) is 39.0 Å². The van der Waals surface area contributed by atoms with Crippen LogP contribution in [0, 0.1) is 11.3 Å². The van der Waals surface area contributed by atoms with Gasteiger partial charge in [-0.05, 0) is 61.8 Å².